The Morgan fingerprint density at radius 3 is 2.33 bits per heavy atom. The zero-order valence-electron chi connectivity index (χ0n) is 22.3. The van der Waals surface area contributed by atoms with Crippen LogP contribution in [0.15, 0.2) is 48.5 Å². The molecule has 0 radical (unpaired) electrons. The fourth-order valence-corrected chi connectivity index (χ4v) is 5.08. The van der Waals surface area contributed by atoms with Gasteiger partial charge < -0.3 is 10.2 Å². The van der Waals surface area contributed by atoms with Crippen LogP contribution in [0, 0.1) is 16.7 Å². The topological polar surface area (TPSA) is 91.0 Å². The normalized spacial score (nSPS) is 16.5. The first kappa shape index (κ1) is 29.2. The molecule has 1 aliphatic carbocycles. The van der Waals surface area contributed by atoms with Gasteiger partial charge in [-0.25, -0.2) is 4.68 Å². The minimum Gasteiger partial charge on any atom is -0.350 e. The van der Waals surface area contributed by atoms with Crippen LogP contribution in [-0.4, -0.2) is 28.0 Å². The van der Waals surface area contributed by atoms with Gasteiger partial charge in [-0.3, -0.25) is 9.59 Å². The lowest BCUT2D eigenvalue weighted by Gasteiger charge is -2.21. The maximum Gasteiger partial charge on any atom is 0.436 e. The van der Waals surface area contributed by atoms with Gasteiger partial charge in [-0.2, -0.15) is 36.7 Å². The van der Waals surface area contributed by atoms with E-state index in [2.05, 4.69) is 16.5 Å². The van der Waals surface area contributed by atoms with Crippen molar-refractivity contribution in [2.24, 2.45) is 5.41 Å². The summed E-state index contributed by atoms with van der Waals surface area (Å²) in [6.07, 6.45) is -8.09. The van der Waals surface area contributed by atoms with Crippen molar-refractivity contribution >= 4 is 17.5 Å². The van der Waals surface area contributed by atoms with Gasteiger partial charge in [-0.15, -0.1) is 0 Å². The number of amides is 1. The zero-order chi connectivity index (χ0) is 30.4. The molecule has 220 valence electrons. The quantitative estimate of drug-likeness (QED) is 0.246. The molecule has 5 rings (SSSR count). The van der Waals surface area contributed by atoms with Crippen LogP contribution in [0.5, 0.6) is 0 Å². The lowest BCUT2D eigenvalue weighted by atomic mass is 9.96. The first-order chi connectivity index (χ1) is 19.7. The number of Topliss-reactive ketones (excluding diaryl/α,β-unsaturated/α-hetero) is 1. The van der Waals surface area contributed by atoms with Gasteiger partial charge in [0.05, 0.1) is 29.6 Å². The lowest BCUT2D eigenvalue weighted by Crippen LogP contribution is -2.31. The molecule has 2 heterocycles. The standard InChI is InChI=1S/C29H25F6N5O2/c1-17(19-5-7-20(8-6-19)22(41)14-27(16-36)9-10-27)37-25(42)23-24(29(33,34)35)38-40-12-11-39(26(23)40)15-18-3-2-4-21(13-18)28(30,31)32/h2-8,13,17H,9-12,14-15H2,1H3,(H,37,42)/t17-/m0/s1. The van der Waals surface area contributed by atoms with Crippen LogP contribution in [0.4, 0.5) is 32.2 Å². The molecule has 0 saturated heterocycles. The van der Waals surface area contributed by atoms with Crippen LogP contribution in [0.25, 0.3) is 0 Å². The molecule has 2 aromatic carbocycles. The molecule has 1 atom stereocenters. The van der Waals surface area contributed by atoms with E-state index < -0.39 is 46.5 Å². The van der Waals surface area contributed by atoms with Crippen molar-refractivity contribution in [2.45, 2.75) is 57.7 Å². The van der Waals surface area contributed by atoms with Crippen molar-refractivity contribution in [3.8, 4) is 6.07 Å². The Labute approximate surface area is 236 Å². The molecule has 3 aromatic rings. The van der Waals surface area contributed by atoms with Crippen molar-refractivity contribution in [2.75, 3.05) is 11.4 Å². The minimum absolute atomic E-state index is 0.0167. The second-order valence-corrected chi connectivity index (χ2v) is 10.7. The predicted octanol–water partition coefficient (Wildman–Crippen LogP) is 6.31. The Kier molecular flexibility index (Phi) is 7.28. The Morgan fingerprint density at radius 2 is 1.74 bits per heavy atom. The van der Waals surface area contributed by atoms with E-state index in [9.17, 15) is 41.2 Å². The van der Waals surface area contributed by atoms with E-state index in [1.54, 1.807) is 31.2 Å². The first-order valence-electron chi connectivity index (χ1n) is 13.2. The second-order valence-electron chi connectivity index (χ2n) is 10.7. The number of carbonyl (C=O) groups is 2. The van der Waals surface area contributed by atoms with Crippen LogP contribution in [0.1, 0.15) is 75.3 Å². The summed E-state index contributed by atoms with van der Waals surface area (Å²) in [5, 5.41) is 15.4. The monoisotopic (exact) mass is 589 g/mol. The Balaban J connectivity index is 1.37. The Hall–Kier alpha value is -4.34. The van der Waals surface area contributed by atoms with Gasteiger partial charge >= 0.3 is 12.4 Å². The number of alkyl halides is 6. The Bertz CT molecular complexity index is 1560. The molecule has 1 aliphatic heterocycles. The molecule has 1 amide bonds. The fourth-order valence-electron chi connectivity index (χ4n) is 5.08. The molecular weight excluding hydrogens is 564 g/mol. The molecule has 7 nitrogen and oxygen atoms in total. The number of nitrogens with one attached hydrogen (secondary N) is 1. The summed E-state index contributed by atoms with van der Waals surface area (Å²) in [4.78, 5) is 27.3. The molecule has 42 heavy (non-hydrogen) atoms. The second kappa shape index (κ2) is 10.5. The number of nitrogens with zero attached hydrogens (tertiary/aromatic N) is 4. The number of hydrogen-bond donors (Lipinski definition) is 1. The number of carbonyl (C=O) groups excluding carboxylic acids is 2. The third kappa shape index (κ3) is 5.84. The molecule has 13 heteroatoms. The summed E-state index contributed by atoms with van der Waals surface area (Å²) in [6, 6.07) is 12.1. The molecule has 1 saturated carbocycles. The van der Waals surface area contributed by atoms with Crippen molar-refractivity contribution < 1.29 is 35.9 Å². The number of anilines is 1. The van der Waals surface area contributed by atoms with Gasteiger partial charge in [0.1, 0.15) is 11.4 Å². The average molecular weight is 590 g/mol. The van der Waals surface area contributed by atoms with Crippen molar-refractivity contribution in [3.63, 3.8) is 0 Å². The van der Waals surface area contributed by atoms with Crippen LogP contribution in [0.3, 0.4) is 0 Å². The molecule has 1 N–H and O–H groups in total. The number of ketones is 1. The highest BCUT2D eigenvalue weighted by Crippen LogP contribution is 2.48. The summed E-state index contributed by atoms with van der Waals surface area (Å²) < 4.78 is 82.6. The smallest absolute Gasteiger partial charge is 0.350 e. The molecule has 1 aromatic heterocycles. The van der Waals surface area contributed by atoms with E-state index in [1.165, 1.54) is 17.0 Å². The summed E-state index contributed by atoms with van der Waals surface area (Å²) in [6.45, 7) is 1.57. The van der Waals surface area contributed by atoms with Crippen LogP contribution < -0.4 is 10.2 Å². The van der Waals surface area contributed by atoms with Crippen molar-refractivity contribution in [1.29, 1.82) is 5.26 Å². The maximum absolute atomic E-state index is 14.0. The fraction of sp³-hybridized carbons (Fsp3) is 0.379. The number of benzene rings is 2. The van der Waals surface area contributed by atoms with Crippen LogP contribution in [0.2, 0.25) is 0 Å². The van der Waals surface area contributed by atoms with Gasteiger partial charge in [0, 0.05) is 25.1 Å². The van der Waals surface area contributed by atoms with Gasteiger partial charge in [0.2, 0.25) is 0 Å². The van der Waals surface area contributed by atoms with E-state index >= 15 is 0 Å². The summed E-state index contributed by atoms with van der Waals surface area (Å²) in [5.41, 5.74) is -2.46. The van der Waals surface area contributed by atoms with Crippen molar-refractivity contribution in [3.05, 3.63) is 82.0 Å². The van der Waals surface area contributed by atoms with E-state index in [-0.39, 0.29) is 43.2 Å². The highest BCUT2D eigenvalue weighted by molar-refractivity contribution is 6.01. The third-order valence-corrected chi connectivity index (χ3v) is 7.60. The largest absolute Gasteiger partial charge is 0.436 e. The number of hydrogen-bond acceptors (Lipinski definition) is 5. The van der Waals surface area contributed by atoms with Crippen LogP contribution >= 0.6 is 0 Å². The van der Waals surface area contributed by atoms with Crippen molar-refractivity contribution in [1.82, 2.24) is 15.1 Å². The highest BCUT2D eigenvalue weighted by Gasteiger charge is 2.45. The molecule has 1 fully saturated rings. The van der Waals surface area contributed by atoms with E-state index in [1.807, 2.05) is 0 Å². The lowest BCUT2D eigenvalue weighted by molar-refractivity contribution is -0.142. The SMILES string of the molecule is C[C@H](NC(=O)c1c(C(F)(F)F)nn2c1N(Cc1cccc(C(F)(F)F)c1)CC2)c1ccc(C(=O)CC2(C#N)CC2)cc1. The average Bonchev–Trinajstić information content (AvgIpc) is 3.42. The predicted molar refractivity (Wildman–Crippen MR) is 138 cm³/mol. The minimum atomic E-state index is -4.96. The third-order valence-electron chi connectivity index (χ3n) is 7.60. The van der Waals surface area contributed by atoms with Gasteiger partial charge in [-0.05, 0) is 43.0 Å². The molecular formula is C29H25F6N5O2. The molecule has 0 spiro atoms. The number of rotatable bonds is 8. The highest BCUT2D eigenvalue weighted by atomic mass is 19.4. The van der Waals surface area contributed by atoms with E-state index in [0.29, 0.717) is 24.0 Å². The van der Waals surface area contributed by atoms with E-state index in [0.717, 1.165) is 16.8 Å². The van der Waals surface area contributed by atoms with Crippen LogP contribution in [-0.2, 0) is 25.4 Å². The summed E-state index contributed by atoms with van der Waals surface area (Å²) in [5.74, 6) is -1.36. The number of halogens is 6. The van der Waals surface area contributed by atoms with Gasteiger partial charge in [0.25, 0.3) is 5.91 Å². The zero-order valence-corrected chi connectivity index (χ0v) is 22.3. The molecule has 0 unspecified atom stereocenters. The first-order valence-corrected chi connectivity index (χ1v) is 13.2. The van der Waals surface area contributed by atoms with Gasteiger partial charge in [-0.1, -0.05) is 36.4 Å². The maximum atomic E-state index is 14.0. The molecule has 0 bridgehead atoms. The Morgan fingerprint density at radius 1 is 1.05 bits per heavy atom. The number of nitriles is 1. The van der Waals surface area contributed by atoms with E-state index in [4.69, 9.17) is 0 Å². The summed E-state index contributed by atoms with van der Waals surface area (Å²) >= 11 is 0. The molecule has 2 aliphatic rings. The van der Waals surface area contributed by atoms with Gasteiger partial charge in [0.15, 0.2) is 11.5 Å². The summed E-state index contributed by atoms with van der Waals surface area (Å²) in [7, 11) is 0. The number of aromatic nitrogens is 2. The number of fused-ring (bicyclic) bond motifs is 1.